The summed E-state index contributed by atoms with van der Waals surface area (Å²) in [6, 6.07) is 2.43. The van der Waals surface area contributed by atoms with Crippen molar-refractivity contribution in [2.24, 2.45) is 5.92 Å². The van der Waals surface area contributed by atoms with Gasteiger partial charge in [0.2, 0.25) is 0 Å². The fourth-order valence-electron chi connectivity index (χ4n) is 1.92. The number of non-ortho nitro benzene ring substituents is 1. The first-order valence-corrected chi connectivity index (χ1v) is 6.53. The molecule has 0 aromatic heterocycles. The van der Waals surface area contributed by atoms with E-state index in [4.69, 9.17) is 0 Å². The summed E-state index contributed by atoms with van der Waals surface area (Å²) in [6.45, 7) is 3.78. The first-order chi connectivity index (χ1) is 10.3. The van der Waals surface area contributed by atoms with Crippen LogP contribution in [0.25, 0.3) is 0 Å². The average molecular weight is 311 g/mol. The molecular weight excluding hydrogens is 294 g/mol. The summed E-state index contributed by atoms with van der Waals surface area (Å²) in [4.78, 5) is 32.1. The first kappa shape index (κ1) is 17.3. The zero-order valence-electron chi connectivity index (χ0n) is 12.4. The van der Waals surface area contributed by atoms with Crippen LogP contribution in [0, 0.1) is 26.1 Å². The second-order valence-corrected chi connectivity index (χ2v) is 5.07. The van der Waals surface area contributed by atoms with E-state index in [9.17, 15) is 25.0 Å². The van der Waals surface area contributed by atoms with E-state index in [0.717, 1.165) is 12.1 Å². The first-order valence-electron chi connectivity index (χ1n) is 6.53. The van der Waals surface area contributed by atoms with Gasteiger partial charge in [0.05, 0.1) is 23.0 Å². The summed E-state index contributed by atoms with van der Waals surface area (Å²) in [7, 11) is 1.22. The van der Waals surface area contributed by atoms with Crippen molar-refractivity contribution < 1.29 is 19.4 Å². The van der Waals surface area contributed by atoms with Gasteiger partial charge in [0.1, 0.15) is 11.7 Å². The Morgan fingerprint density at radius 2 is 1.91 bits per heavy atom. The van der Waals surface area contributed by atoms with Crippen LogP contribution in [0.1, 0.15) is 20.3 Å². The number of nitro groups is 2. The zero-order valence-corrected chi connectivity index (χ0v) is 12.4. The normalized spacial score (nSPS) is 11.8. The van der Waals surface area contributed by atoms with Gasteiger partial charge in [-0.3, -0.25) is 20.2 Å². The van der Waals surface area contributed by atoms with Crippen molar-refractivity contribution in [1.29, 1.82) is 0 Å². The Kier molecular flexibility index (Phi) is 5.79. The molecule has 0 saturated carbocycles. The van der Waals surface area contributed by atoms with E-state index in [-0.39, 0.29) is 11.6 Å². The van der Waals surface area contributed by atoms with Crippen LogP contribution in [0.2, 0.25) is 0 Å². The SMILES string of the molecule is COC(=O)C(CC(C)C)Nc1ccc([N+](=O)[O-])cc1[N+](=O)[O-]. The lowest BCUT2D eigenvalue weighted by atomic mass is 10.0. The average Bonchev–Trinajstić information content (AvgIpc) is 2.45. The lowest BCUT2D eigenvalue weighted by Crippen LogP contribution is -2.32. The van der Waals surface area contributed by atoms with Gasteiger partial charge in [-0.2, -0.15) is 0 Å². The number of ether oxygens (including phenoxy) is 1. The highest BCUT2D eigenvalue weighted by molar-refractivity contribution is 5.81. The Morgan fingerprint density at radius 3 is 2.36 bits per heavy atom. The number of carbonyl (C=O) groups is 1. The molecule has 1 aromatic rings. The molecule has 0 aliphatic carbocycles. The summed E-state index contributed by atoms with van der Waals surface area (Å²) in [5.41, 5.74) is -0.825. The van der Waals surface area contributed by atoms with Crippen LogP contribution < -0.4 is 5.32 Å². The topological polar surface area (TPSA) is 125 Å². The van der Waals surface area contributed by atoms with Gasteiger partial charge in [-0.25, -0.2) is 4.79 Å². The number of nitro benzene ring substituents is 2. The highest BCUT2D eigenvalue weighted by Gasteiger charge is 2.25. The molecule has 0 radical (unpaired) electrons. The molecule has 0 saturated heterocycles. The number of benzene rings is 1. The predicted molar refractivity (Wildman–Crippen MR) is 78.6 cm³/mol. The molecule has 9 heteroatoms. The standard InChI is InChI=1S/C13H17N3O6/c1-8(2)6-11(13(17)22-3)14-10-5-4-9(15(18)19)7-12(10)16(20)21/h4-5,7-8,11,14H,6H2,1-3H3. The van der Waals surface area contributed by atoms with Gasteiger partial charge < -0.3 is 10.1 Å². The Bertz CT molecular complexity index is 587. The molecule has 120 valence electrons. The van der Waals surface area contributed by atoms with Crippen LogP contribution in [0.3, 0.4) is 0 Å². The minimum atomic E-state index is -0.773. The maximum atomic E-state index is 11.7. The van der Waals surface area contributed by atoms with Crippen LogP contribution >= 0.6 is 0 Å². The quantitative estimate of drug-likeness (QED) is 0.466. The third kappa shape index (κ3) is 4.40. The van der Waals surface area contributed by atoms with Gasteiger partial charge in [0.15, 0.2) is 0 Å². The molecule has 22 heavy (non-hydrogen) atoms. The molecule has 0 bridgehead atoms. The zero-order chi connectivity index (χ0) is 16.9. The van der Waals surface area contributed by atoms with E-state index in [2.05, 4.69) is 10.1 Å². The van der Waals surface area contributed by atoms with Gasteiger partial charge in [-0.05, 0) is 18.4 Å². The molecule has 1 unspecified atom stereocenters. The summed E-state index contributed by atoms with van der Waals surface area (Å²) in [6.07, 6.45) is 0.404. The summed E-state index contributed by atoms with van der Waals surface area (Å²) in [5, 5.41) is 24.5. The minimum absolute atomic E-state index is 0.0339. The fraction of sp³-hybridized carbons (Fsp3) is 0.462. The lowest BCUT2D eigenvalue weighted by Gasteiger charge is -2.19. The second kappa shape index (κ2) is 7.34. The van der Waals surface area contributed by atoms with Crippen molar-refractivity contribution in [3.63, 3.8) is 0 Å². The van der Waals surface area contributed by atoms with Crippen LogP contribution in [0.4, 0.5) is 17.1 Å². The molecule has 0 fully saturated rings. The molecule has 1 N–H and O–H groups in total. The van der Waals surface area contributed by atoms with Crippen molar-refractivity contribution >= 4 is 23.0 Å². The van der Waals surface area contributed by atoms with E-state index < -0.39 is 33.2 Å². The van der Waals surface area contributed by atoms with Gasteiger partial charge in [0.25, 0.3) is 11.4 Å². The molecular formula is C13H17N3O6. The van der Waals surface area contributed by atoms with Crippen LogP contribution in [-0.2, 0) is 9.53 Å². The summed E-state index contributed by atoms with van der Waals surface area (Å²) in [5.74, 6) is -0.407. The van der Waals surface area contributed by atoms with Crippen molar-refractivity contribution in [2.45, 2.75) is 26.3 Å². The van der Waals surface area contributed by atoms with Gasteiger partial charge in [-0.1, -0.05) is 13.8 Å². The van der Waals surface area contributed by atoms with E-state index in [1.165, 1.54) is 13.2 Å². The van der Waals surface area contributed by atoms with Crippen molar-refractivity contribution in [2.75, 3.05) is 12.4 Å². The van der Waals surface area contributed by atoms with Crippen LogP contribution in [-0.4, -0.2) is 29.0 Å². The molecule has 1 atom stereocenters. The third-order valence-corrected chi connectivity index (χ3v) is 2.91. The third-order valence-electron chi connectivity index (χ3n) is 2.91. The molecule has 0 amide bonds. The van der Waals surface area contributed by atoms with Crippen molar-refractivity contribution in [3.05, 3.63) is 38.4 Å². The highest BCUT2D eigenvalue weighted by atomic mass is 16.6. The Labute approximate surface area is 126 Å². The number of carbonyl (C=O) groups excluding carboxylic acids is 1. The highest BCUT2D eigenvalue weighted by Crippen LogP contribution is 2.30. The number of anilines is 1. The molecule has 0 heterocycles. The Morgan fingerprint density at radius 1 is 1.27 bits per heavy atom. The molecule has 0 spiro atoms. The van der Waals surface area contributed by atoms with Crippen LogP contribution in [0.15, 0.2) is 18.2 Å². The smallest absolute Gasteiger partial charge is 0.328 e. The number of hydrogen-bond donors (Lipinski definition) is 1. The molecule has 0 aliphatic rings. The maximum absolute atomic E-state index is 11.7. The Balaban J connectivity index is 3.15. The van der Waals surface area contributed by atoms with E-state index >= 15 is 0 Å². The molecule has 0 aliphatic heterocycles. The van der Waals surface area contributed by atoms with Crippen molar-refractivity contribution in [1.82, 2.24) is 0 Å². The molecule has 9 nitrogen and oxygen atoms in total. The van der Waals surface area contributed by atoms with Gasteiger partial charge >= 0.3 is 5.97 Å². The largest absolute Gasteiger partial charge is 0.467 e. The number of methoxy groups -OCH3 is 1. The number of esters is 1. The second-order valence-electron chi connectivity index (χ2n) is 5.07. The van der Waals surface area contributed by atoms with Crippen molar-refractivity contribution in [3.8, 4) is 0 Å². The monoisotopic (exact) mass is 311 g/mol. The number of nitrogens with zero attached hydrogens (tertiary/aromatic N) is 2. The minimum Gasteiger partial charge on any atom is -0.467 e. The van der Waals surface area contributed by atoms with E-state index in [1.807, 2.05) is 13.8 Å². The van der Waals surface area contributed by atoms with Gasteiger partial charge in [0, 0.05) is 6.07 Å². The summed E-state index contributed by atoms with van der Waals surface area (Å²) < 4.78 is 4.67. The van der Waals surface area contributed by atoms with E-state index in [1.54, 1.807) is 0 Å². The lowest BCUT2D eigenvalue weighted by molar-refractivity contribution is -0.393. The number of hydrogen-bond acceptors (Lipinski definition) is 7. The number of rotatable bonds is 7. The Hall–Kier alpha value is -2.71. The van der Waals surface area contributed by atoms with Gasteiger partial charge in [-0.15, -0.1) is 0 Å². The summed E-state index contributed by atoms with van der Waals surface area (Å²) >= 11 is 0. The fourth-order valence-corrected chi connectivity index (χ4v) is 1.92. The molecule has 1 rings (SSSR count). The predicted octanol–water partition coefficient (Wildman–Crippen LogP) is 2.50. The maximum Gasteiger partial charge on any atom is 0.328 e. The van der Waals surface area contributed by atoms with Crippen LogP contribution in [0.5, 0.6) is 0 Å². The number of nitrogens with one attached hydrogen (secondary N) is 1. The van der Waals surface area contributed by atoms with E-state index in [0.29, 0.717) is 6.42 Å². The molecule has 1 aromatic carbocycles.